The molecule has 0 saturated heterocycles. The fourth-order valence-corrected chi connectivity index (χ4v) is 2.98. The van der Waals surface area contributed by atoms with Crippen LogP contribution in [0.1, 0.15) is 20.8 Å². The first kappa shape index (κ1) is 16.2. The number of rotatable bonds is 6. The highest BCUT2D eigenvalue weighted by Crippen LogP contribution is 2.21. The van der Waals surface area contributed by atoms with E-state index < -0.39 is 6.04 Å². The van der Waals surface area contributed by atoms with E-state index in [0.717, 1.165) is 9.37 Å². The van der Waals surface area contributed by atoms with Crippen LogP contribution < -0.4 is 5.32 Å². The number of hydrogen-bond donors (Lipinski definition) is 1. The van der Waals surface area contributed by atoms with Gasteiger partial charge >= 0.3 is 0 Å². The predicted octanol–water partition coefficient (Wildman–Crippen LogP) is 3.27. The van der Waals surface area contributed by atoms with E-state index in [0.29, 0.717) is 5.75 Å². The average molecular weight is 344 g/mol. The third kappa shape index (κ3) is 5.78. The molecule has 3 nitrogen and oxygen atoms in total. The van der Waals surface area contributed by atoms with Crippen molar-refractivity contribution in [2.45, 2.75) is 31.7 Å². The van der Waals surface area contributed by atoms with Gasteiger partial charge in [-0.3, -0.25) is 9.59 Å². The highest BCUT2D eigenvalue weighted by Gasteiger charge is 2.20. The minimum atomic E-state index is -0.393. The van der Waals surface area contributed by atoms with E-state index in [2.05, 4.69) is 21.2 Å². The molecule has 0 aliphatic heterocycles. The van der Waals surface area contributed by atoms with Crippen molar-refractivity contribution >= 4 is 39.4 Å². The van der Waals surface area contributed by atoms with Crippen LogP contribution in [0.3, 0.4) is 0 Å². The van der Waals surface area contributed by atoms with Crippen molar-refractivity contribution < 1.29 is 9.59 Å². The molecule has 0 radical (unpaired) electrons. The molecular weight excluding hydrogens is 326 g/mol. The van der Waals surface area contributed by atoms with Crippen molar-refractivity contribution in [2.24, 2.45) is 5.92 Å². The largest absolute Gasteiger partial charge is 0.345 e. The summed E-state index contributed by atoms with van der Waals surface area (Å²) >= 11 is 4.84. The van der Waals surface area contributed by atoms with Crippen molar-refractivity contribution in [1.29, 1.82) is 0 Å². The number of carbonyl (C=O) groups excluding carboxylic acids is 2. The van der Waals surface area contributed by atoms with E-state index in [4.69, 9.17) is 0 Å². The fraction of sp³-hybridized carbons (Fsp3) is 0.429. The predicted molar refractivity (Wildman–Crippen MR) is 82.3 cm³/mol. The second-order valence-electron chi connectivity index (χ2n) is 4.65. The van der Waals surface area contributed by atoms with Gasteiger partial charge in [0.15, 0.2) is 5.78 Å². The first-order chi connectivity index (χ1) is 8.90. The number of benzene rings is 1. The maximum atomic E-state index is 11.8. The second-order valence-corrected chi connectivity index (χ2v) is 6.61. The molecule has 104 valence electrons. The van der Waals surface area contributed by atoms with Gasteiger partial charge < -0.3 is 5.32 Å². The molecule has 0 fully saturated rings. The number of ketones is 1. The van der Waals surface area contributed by atoms with Gasteiger partial charge in [0.05, 0.1) is 11.8 Å². The zero-order chi connectivity index (χ0) is 14.4. The van der Waals surface area contributed by atoms with Gasteiger partial charge in [-0.05, 0) is 31.0 Å². The van der Waals surface area contributed by atoms with Crippen LogP contribution in [-0.2, 0) is 9.59 Å². The summed E-state index contributed by atoms with van der Waals surface area (Å²) in [7, 11) is 0. The number of Topliss-reactive ketones (excluding diaryl/α,β-unsaturated/α-hetero) is 1. The quantitative estimate of drug-likeness (QED) is 0.806. The molecule has 0 aromatic heterocycles. The Balaban J connectivity index is 2.49. The van der Waals surface area contributed by atoms with Crippen molar-refractivity contribution in [3.05, 3.63) is 28.7 Å². The lowest BCUT2D eigenvalue weighted by molar-refractivity contribution is -0.126. The lowest BCUT2D eigenvalue weighted by Gasteiger charge is -2.19. The molecule has 1 aromatic rings. The Labute approximate surface area is 126 Å². The second kappa shape index (κ2) is 7.70. The van der Waals surface area contributed by atoms with Gasteiger partial charge in [0, 0.05) is 9.37 Å². The summed E-state index contributed by atoms with van der Waals surface area (Å²) in [5.41, 5.74) is 0. The van der Waals surface area contributed by atoms with Crippen LogP contribution in [-0.4, -0.2) is 23.5 Å². The fourth-order valence-electron chi connectivity index (χ4n) is 1.66. The monoisotopic (exact) mass is 343 g/mol. The summed E-state index contributed by atoms with van der Waals surface area (Å²) in [6.45, 7) is 5.36. The lowest BCUT2D eigenvalue weighted by atomic mass is 10.0. The van der Waals surface area contributed by atoms with E-state index in [1.807, 2.05) is 38.1 Å². The minimum Gasteiger partial charge on any atom is -0.345 e. The molecule has 0 saturated carbocycles. The van der Waals surface area contributed by atoms with Gasteiger partial charge in [-0.2, -0.15) is 0 Å². The Hall–Kier alpha value is -0.810. The number of hydrogen-bond acceptors (Lipinski definition) is 3. The van der Waals surface area contributed by atoms with Crippen molar-refractivity contribution in [3.63, 3.8) is 0 Å². The SMILES string of the molecule is CC(=O)C(NC(=O)CSc1cccc(Br)c1)C(C)C. The first-order valence-corrected chi connectivity index (χ1v) is 7.86. The molecule has 1 aromatic carbocycles. The highest BCUT2D eigenvalue weighted by molar-refractivity contribution is 9.10. The van der Waals surface area contributed by atoms with Crippen LogP contribution in [0.4, 0.5) is 0 Å². The van der Waals surface area contributed by atoms with E-state index in [9.17, 15) is 9.59 Å². The molecule has 1 rings (SSSR count). The zero-order valence-electron chi connectivity index (χ0n) is 11.3. The highest BCUT2D eigenvalue weighted by atomic mass is 79.9. The van der Waals surface area contributed by atoms with Crippen molar-refractivity contribution in [3.8, 4) is 0 Å². The number of halogens is 1. The van der Waals surface area contributed by atoms with Gasteiger partial charge in [0.2, 0.25) is 5.91 Å². The van der Waals surface area contributed by atoms with Crippen LogP contribution in [0.2, 0.25) is 0 Å². The topological polar surface area (TPSA) is 46.2 Å². The third-order valence-corrected chi connectivity index (χ3v) is 4.07. The van der Waals surface area contributed by atoms with Gasteiger partial charge in [-0.1, -0.05) is 35.8 Å². The van der Waals surface area contributed by atoms with Crippen LogP contribution >= 0.6 is 27.7 Å². The molecule has 0 aliphatic carbocycles. The Morgan fingerprint density at radius 3 is 2.58 bits per heavy atom. The Morgan fingerprint density at radius 2 is 2.05 bits per heavy atom. The third-order valence-electron chi connectivity index (χ3n) is 2.59. The van der Waals surface area contributed by atoms with E-state index >= 15 is 0 Å². The summed E-state index contributed by atoms with van der Waals surface area (Å²) < 4.78 is 0.988. The Bertz CT molecular complexity index is 463. The molecule has 1 amide bonds. The molecule has 0 bridgehead atoms. The van der Waals surface area contributed by atoms with Crippen LogP contribution in [0, 0.1) is 5.92 Å². The zero-order valence-corrected chi connectivity index (χ0v) is 13.7. The van der Waals surface area contributed by atoms with Gasteiger partial charge in [-0.15, -0.1) is 11.8 Å². The number of thioether (sulfide) groups is 1. The molecule has 0 heterocycles. The van der Waals surface area contributed by atoms with Crippen LogP contribution in [0.25, 0.3) is 0 Å². The average Bonchev–Trinajstić information content (AvgIpc) is 2.32. The Morgan fingerprint density at radius 1 is 1.37 bits per heavy atom. The van der Waals surface area contributed by atoms with E-state index in [1.54, 1.807) is 0 Å². The summed E-state index contributed by atoms with van der Waals surface area (Å²) in [4.78, 5) is 24.3. The standard InChI is InChI=1S/C14H18BrNO2S/c1-9(2)14(10(3)17)16-13(18)8-19-12-6-4-5-11(15)7-12/h4-7,9,14H,8H2,1-3H3,(H,16,18). The molecular formula is C14H18BrNO2S. The number of carbonyl (C=O) groups is 2. The molecule has 1 N–H and O–H groups in total. The Kier molecular flexibility index (Phi) is 6.58. The molecule has 0 spiro atoms. The summed E-state index contributed by atoms with van der Waals surface area (Å²) in [5, 5.41) is 2.78. The maximum absolute atomic E-state index is 11.8. The van der Waals surface area contributed by atoms with Gasteiger partial charge in [-0.25, -0.2) is 0 Å². The van der Waals surface area contributed by atoms with Crippen molar-refractivity contribution in [2.75, 3.05) is 5.75 Å². The number of nitrogens with one attached hydrogen (secondary N) is 1. The lowest BCUT2D eigenvalue weighted by Crippen LogP contribution is -2.44. The summed E-state index contributed by atoms with van der Waals surface area (Å²) in [5.74, 6) is 0.305. The smallest absolute Gasteiger partial charge is 0.230 e. The summed E-state index contributed by atoms with van der Waals surface area (Å²) in [6, 6.07) is 7.39. The molecule has 0 aliphatic rings. The molecule has 5 heteroatoms. The van der Waals surface area contributed by atoms with Gasteiger partial charge in [0.25, 0.3) is 0 Å². The normalized spacial score (nSPS) is 12.3. The summed E-state index contributed by atoms with van der Waals surface area (Å²) in [6.07, 6.45) is 0. The first-order valence-electron chi connectivity index (χ1n) is 6.08. The molecule has 1 atom stereocenters. The maximum Gasteiger partial charge on any atom is 0.230 e. The van der Waals surface area contributed by atoms with Crippen LogP contribution in [0.15, 0.2) is 33.6 Å². The van der Waals surface area contributed by atoms with E-state index in [1.165, 1.54) is 18.7 Å². The number of amides is 1. The molecule has 1 unspecified atom stereocenters. The van der Waals surface area contributed by atoms with E-state index in [-0.39, 0.29) is 17.6 Å². The van der Waals surface area contributed by atoms with Crippen molar-refractivity contribution in [1.82, 2.24) is 5.32 Å². The van der Waals surface area contributed by atoms with Gasteiger partial charge in [0.1, 0.15) is 0 Å². The minimum absolute atomic E-state index is 0.00388. The van der Waals surface area contributed by atoms with Crippen LogP contribution in [0.5, 0.6) is 0 Å². The molecule has 19 heavy (non-hydrogen) atoms.